The van der Waals surface area contributed by atoms with E-state index < -0.39 is 12.0 Å². The molecule has 21 heavy (non-hydrogen) atoms. The van der Waals surface area contributed by atoms with E-state index in [4.69, 9.17) is 5.11 Å². The molecule has 0 aromatic carbocycles. The SMILES string of the molecule is C=C/C(O)=C\C=C1/CSC(C#CC2=N[C@@H](C(=O)O)CS2)=N1. The van der Waals surface area contributed by atoms with Crippen LogP contribution in [0.3, 0.4) is 0 Å². The molecular weight excluding hydrogens is 308 g/mol. The maximum atomic E-state index is 10.8. The van der Waals surface area contributed by atoms with Gasteiger partial charge >= 0.3 is 5.97 Å². The summed E-state index contributed by atoms with van der Waals surface area (Å²) in [7, 11) is 0. The minimum absolute atomic E-state index is 0.0821. The summed E-state index contributed by atoms with van der Waals surface area (Å²) in [6, 6.07) is -0.694. The van der Waals surface area contributed by atoms with Crippen LogP contribution in [0.2, 0.25) is 0 Å². The Morgan fingerprint density at radius 2 is 2.10 bits per heavy atom. The van der Waals surface area contributed by atoms with Crippen LogP contribution in [0.15, 0.2) is 46.2 Å². The summed E-state index contributed by atoms with van der Waals surface area (Å²) < 4.78 is 0. The van der Waals surface area contributed by atoms with Gasteiger partial charge in [0, 0.05) is 11.5 Å². The molecule has 0 unspecified atom stereocenters. The van der Waals surface area contributed by atoms with Gasteiger partial charge in [-0.2, -0.15) is 0 Å². The van der Waals surface area contributed by atoms with Crippen LogP contribution in [0.4, 0.5) is 0 Å². The molecule has 2 aliphatic heterocycles. The van der Waals surface area contributed by atoms with Crippen LogP contribution >= 0.6 is 23.5 Å². The molecule has 0 radical (unpaired) electrons. The minimum Gasteiger partial charge on any atom is -0.508 e. The smallest absolute Gasteiger partial charge is 0.329 e. The zero-order valence-corrected chi connectivity index (χ0v) is 12.6. The number of aliphatic carboxylic acids is 1. The molecule has 2 rings (SSSR count). The number of hydrogen-bond donors (Lipinski definition) is 2. The molecule has 5 nitrogen and oxygen atoms in total. The molecule has 0 aliphatic carbocycles. The Hall–Kier alpha value is -1.91. The molecule has 0 spiro atoms. The summed E-state index contributed by atoms with van der Waals surface area (Å²) in [5.74, 6) is 6.00. The van der Waals surface area contributed by atoms with Gasteiger partial charge in [0.2, 0.25) is 0 Å². The number of carboxylic acids is 1. The average Bonchev–Trinajstić information content (AvgIpc) is 3.11. The van der Waals surface area contributed by atoms with Gasteiger partial charge in [0.25, 0.3) is 0 Å². The standard InChI is InChI=1S/C14H12N2O3S2/c1-2-10(17)4-3-9-7-20-12(15-9)5-6-13-16-11(8-21-13)14(18)19/h2-4,11,17H,1,7-8H2,(H,18,19)/b9-3+,10-4+/t11-/m1/s1. The van der Waals surface area contributed by atoms with Crippen molar-refractivity contribution in [3.8, 4) is 11.8 Å². The number of aliphatic imine (C=N–C) groups is 2. The molecule has 2 N–H and O–H groups in total. The third kappa shape index (κ3) is 4.55. The number of aliphatic hydroxyl groups is 1. The van der Waals surface area contributed by atoms with E-state index in [1.807, 2.05) is 0 Å². The number of nitrogens with zero attached hydrogens (tertiary/aromatic N) is 2. The Morgan fingerprint density at radius 1 is 1.33 bits per heavy atom. The average molecular weight is 320 g/mol. The van der Waals surface area contributed by atoms with Crippen LogP contribution in [0.25, 0.3) is 0 Å². The minimum atomic E-state index is -0.925. The molecule has 2 aliphatic rings. The van der Waals surface area contributed by atoms with Crippen LogP contribution < -0.4 is 0 Å². The van der Waals surface area contributed by atoms with Crippen molar-refractivity contribution < 1.29 is 15.0 Å². The number of thioether (sulfide) groups is 2. The van der Waals surface area contributed by atoms with Crippen LogP contribution in [-0.2, 0) is 4.79 Å². The number of rotatable bonds is 3. The zero-order valence-electron chi connectivity index (χ0n) is 10.9. The molecular formula is C14H12N2O3S2. The van der Waals surface area contributed by atoms with Gasteiger partial charge in [0.15, 0.2) is 6.04 Å². The highest BCUT2D eigenvalue weighted by atomic mass is 32.2. The maximum absolute atomic E-state index is 10.8. The van der Waals surface area contributed by atoms with E-state index in [1.165, 1.54) is 35.7 Å². The van der Waals surface area contributed by atoms with Gasteiger partial charge in [-0.3, -0.25) is 4.99 Å². The number of allylic oxidation sites excluding steroid dienone is 3. The molecule has 108 valence electrons. The number of aliphatic hydroxyl groups excluding tert-OH is 1. The Labute approximate surface area is 130 Å². The fourth-order valence-electron chi connectivity index (χ4n) is 1.41. The lowest BCUT2D eigenvalue weighted by atomic mass is 10.3. The predicted molar refractivity (Wildman–Crippen MR) is 88.0 cm³/mol. The van der Waals surface area contributed by atoms with E-state index in [0.717, 1.165) is 5.70 Å². The fourth-order valence-corrected chi connectivity index (χ4v) is 3.02. The first kappa shape index (κ1) is 15.5. The van der Waals surface area contributed by atoms with Crippen LogP contribution in [0.1, 0.15) is 0 Å². The molecule has 0 bridgehead atoms. The van der Waals surface area contributed by atoms with Gasteiger partial charge < -0.3 is 10.2 Å². The first-order chi connectivity index (χ1) is 10.1. The van der Waals surface area contributed by atoms with E-state index in [-0.39, 0.29) is 5.76 Å². The Bertz CT molecular complexity index is 651. The van der Waals surface area contributed by atoms with Crippen molar-refractivity contribution in [3.05, 3.63) is 36.3 Å². The largest absolute Gasteiger partial charge is 0.508 e. The highest BCUT2D eigenvalue weighted by Gasteiger charge is 2.23. The van der Waals surface area contributed by atoms with Gasteiger partial charge in [-0.15, -0.1) is 0 Å². The summed E-state index contributed by atoms with van der Waals surface area (Å²) in [5.41, 5.74) is 0.808. The second kappa shape index (κ2) is 7.20. The van der Waals surface area contributed by atoms with Crippen molar-refractivity contribution in [2.75, 3.05) is 11.5 Å². The van der Waals surface area contributed by atoms with Crippen molar-refractivity contribution in [1.82, 2.24) is 0 Å². The molecule has 7 heteroatoms. The first-order valence-electron chi connectivity index (χ1n) is 5.97. The topological polar surface area (TPSA) is 82.2 Å². The Kier molecular flexibility index (Phi) is 5.31. The third-order valence-electron chi connectivity index (χ3n) is 2.47. The number of carboxylic acid groups (broad SMARTS) is 1. The number of carbonyl (C=O) groups is 1. The van der Waals surface area contributed by atoms with Crippen molar-refractivity contribution in [1.29, 1.82) is 0 Å². The summed E-state index contributed by atoms with van der Waals surface area (Å²) >= 11 is 2.83. The summed E-state index contributed by atoms with van der Waals surface area (Å²) in [5, 5.41) is 19.3. The molecule has 2 heterocycles. The van der Waals surface area contributed by atoms with Crippen molar-refractivity contribution in [2.45, 2.75) is 6.04 Å². The Morgan fingerprint density at radius 3 is 2.76 bits per heavy atom. The number of hydrogen-bond acceptors (Lipinski definition) is 6. The molecule has 0 saturated heterocycles. The molecule has 0 aromatic heterocycles. The summed E-state index contributed by atoms with van der Waals surface area (Å²) in [6.07, 6.45) is 4.58. The fraction of sp³-hybridized carbons (Fsp3) is 0.214. The lowest BCUT2D eigenvalue weighted by Gasteiger charge is -1.93. The monoisotopic (exact) mass is 320 g/mol. The van der Waals surface area contributed by atoms with Gasteiger partial charge in [-0.05, 0) is 30.1 Å². The van der Waals surface area contributed by atoms with Crippen LogP contribution in [0.5, 0.6) is 0 Å². The van der Waals surface area contributed by atoms with Crippen LogP contribution in [-0.4, -0.2) is 43.8 Å². The molecule has 0 amide bonds. The quantitative estimate of drug-likeness (QED) is 0.473. The second-order valence-electron chi connectivity index (χ2n) is 4.01. The molecule has 0 fully saturated rings. The molecule has 0 saturated carbocycles. The van der Waals surface area contributed by atoms with Crippen LogP contribution in [0, 0.1) is 11.8 Å². The van der Waals surface area contributed by atoms with Gasteiger partial charge in [-0.1, -0.05) is 30.1 Å². The summed E-state index contributed by atoms with van der Waals surface area (Å²) in [6.45, 7) is 3.44. The lowest BCUT2D eigenvalue weighted by molar-refractivity contribution is -0.137. The van der Waals surface area contributed by atoms with E-state index in [9.17, 15) is 9.90 Å². The van der Waals surface area contributed by atoms with Gasteiger partial charge in [0.1, 0.15) is 15.8 Å². The van der Waals surface area contributed by atoms with Crippen molar-refractivity contribution in [2.24, 2.45) is 9.98 Å². The predicted octanol–water partition coefficient (Wildman–Crippen LogP) is 2.25. The Balaban J connectivity index is 2.03. The third-order valence-corrected chi connectivity index (χ3v) is 4.34. The van der Waals surface area contributed by atoms with E-state index in [1.54, 1.807) is 6.08 Å². The maximum Gasteiger partial charge on any atom is 0.329 e. The lowest BCUT2D eigenvalue weighted by Crippen LogP contribution is -2.16. The van der Waals surface area contributed by atoms with Crippen molar-refractivity contribution >= 4 is 39.6 Å². The highest BCUT2D eigenvalue weighted by molar-refractivity contribution is 8.15. The van der Waals surface area contributed by atoms with Crippen molar-refractivity contribution in [3.63, 3.8) is 0 Å². The molecule has 0 aromatic rings. The van der Waals surface area contributed by atoms with E-state index in [0.29, 0.717) is 21.6 Å². The first-order valence-corrected chi connectivity index (χ1v) is 7.95. The molecule has 1 atom stereocenters. The zero-order chi connectivity index (χ0) is 15.2. The van der Waals surface area contributed by atoms with E-state index in [2.05, 4.69) is 28.4 Å². The van der Waals surface area contributed by atoms with Gasteiger partial charge in [-0.25, -0.2) is 9.79 Å². The van der Waals surface area contributed by atoms with E-state index >= 15 is 0 Å². The summed E-state index contributed by atoms with van der Waals surface area (Å²) in [4.78, 5) is 19.1. The second-order valence-corrected chi connectivity index (χ2v) is 5.98. The normalized spacial score (nSPS) is 23.3. The van der Waals surface area contributed by atoms with Gasteiger partial charge in [0.05, 0.1) is 5.70 Å². The highest BCUT2D eigenvalue weighted by Crippen LogP contribution is 2.22.